The summed E-state index contributed by atoms with van der Waals surface area (Å²) in [7, 11) is -10.6. The van der Waals surface area contributed by atoms with Gasteiger partial charge in [0.05, 0.1) is 0 Å². The third-order valence-electron chi connectivity index (χ3n) is 9.77. The molecule has 0 bridgehead atoms. The maximum absolute atomic E-state index is 13.6. The van der Waals surface area contributed by atoms with Crippen molar-refractivity contribution in [3.63, 3.8) is 0 Å². The van der Waals surface area contributed by atoms with E-state index in [1.54, 1.807) is 0 Å². The summed E-state index contributed by atoms with van der Waals surface area (Å²) < 4.78 is 474. The van der Waals surface area contributed by atoms with Crippen molar-refractivity contribution in [3.05, 3.63) is 105 Å². The molecule has 6 aromatic rings. The van der Waals surface area contributed by atoms with Gasteiger partial charge in [-0.05, 0) is 36.4 Å². The van der Waals surface area contributed by atoms with Crippen LogP contribution < -0.4 is 0 Å². The van der Waals surface area contributed by atoms with E-state index in [0.717, 1.165) is 0 Å². The summed E-state index contributed by atoms with van der Waals surface area (Å²) in [5, 5.41) is 13.7. The van der Waals surface area contributed by atoms with Gasteiger partial charge < -0.3 is 27.6 Å². The Morgan fingerprint density at radius 2 is 0.296 bits per heavy atom. The van der Waals surface area contributed by atoms with Crippen LogP contribution in [0.2, 0.25) is 0 Å². The zero-order valence-electron chi connectivity index (χ0n) is 36.6. The molecule has 51 heteroatoms. The third kappa shape index (κ3) is 14.4. The Morgan fingerprint density at radius 3 is 0.370 bits per heavy atom. The molecule has 12 nitrogen and oxygen atoms in total. The molecule has 0 radical (unpaired) electrons. The molecule has 0 fully saturated rings. The molecule has 0 amide bonds. The van der Waals surface area contributed by atoms with Gasteiger partial charge in [-0.3, -0.25) is 0 Å². The van der Waals surface area contributed by atoms with Crippen LogP contribution in [0.25, 0.3) is 0 Å². The summed E-state index contributed by atoms with van der Waals surface area (Å²) in [5.41, 5.74) is -32.7. The first kappa shape index (κ1) is 67.0. The van der Waals surface area contributed by atoms with E-state index in [1.807, 2.05) is 0 Å². The molecule has 0 saturated heterocycles. The predicted octanol–water partition coefficient (Wildman–Crippen LogP) is 12.1. The van der Waals surface area contributed by atoms with Crippen molar-refractivity contribution in [1.29, 1.82) is 0 Å². The fraction of sp³-hybridized carbons (Fsp3) is 0.400. The molecule has 6 rings (SSSR count). The normalized spacial score (nSPS) is 14.3. The van der Waals surface area contributed by atoms with Crippen molar-refractivity contribution in [2.75, 3.05) is 0 Å². The Hall–Kier alpha value is -6.51. The Labute approximate surface area is 428 Å². The van der Waals surface area contributed by atoms with E-state index in [9.17, 15) is 158 Å². The van der Waals surface area contributed by atoms with Crippen LogP contribution in [0.3, 0.4) is 0 Å². The SMILES string of the molecule is FC(F)(F)c1cc(C(F)(F)F)n([BH-](n2nc(C(F)(F)F)cc2C(F)(F)F)n2nc(C(F)(F)F)cc2C(F)(F)F)n1.FC(F)(F)c1cc(C(F)(F)F)n([BH-](n2nc(C(F)(F)F)cc2C(F)(F)F)n2nc(C(F)(F)F)cc2C(F)(F)F)n1.[Zn+2]. The van der Waals surface area contributed by atoms with Gasteiger partial charge in [-0.1, -0.05) is 0 Å². The van der Waals surface area contributed by atoms with Crippen LogP contribution in [-0.4, -0.2) is 72.4 Å². The van der Waals surface area contributed by atoms with E-state index in [2.05, 4.69) is 30.6 Å². The molecule has 0 aliphatic heterocycles. The van der Waals surface area contributed by atoms with Crippen LogP contribution in [0.5, 0.6) is 0 Å². The standard InChI is InChI=1S/2C15H4BF18N6.Zn/c2*17-10(18,19)4-1-7(13(26,27)28)38(35-4)16(39-8(14(29,30)31)2-5(36-39)11(20,21)22)40-9(15(32,33)34)3-6(37-40)12(23,24)25;/h2*1-3,16H;/q2*-1;+2. The minimum atomic E-state index is -6.13. The van der Waals surface area contributed by atoms with Crippen LogP contribution >= 0.6 is 0 Å². The van der Waals surface area contributed by atoms with Crippen LogP contribution in [0.15, 0.2) is 36.4 Å². The van der Waals surface area contributed by atoms with E-state index in [4.69, 9.17) is 0 Å². The monoisotopic (exact) mass is 1310 g/mol. The van der Waals surface area contributed by atoms with E-state index in [-0.39, 0.29) is 19.5 Å². The molecule has 81 heavy (non-hydrogen) atoms. The van der Waals surface area contributed by atoms with Crippen LogP contribution in [0.4, 0.5) is 158 Å². The molecular weight excluding hydrogens is 1300 g/mol. The van der Waals surface area contributed by atoms with Crippen molar-refractivity contribution in [1.82, 2.24) is 58.1 Å². The number of halogens is 36. The Kier molecular flexibility index (Phi) is 16.9. The molecule has 0 N–H and O–H groups in total. The second kappa shape index (κ2) is 20.4. The number of alkyl halides is 36. The number of aromatic nitrogens is 12. The van der Waals surface area contributed by atoms with Crippen molar-refractivity contribution < 1.29 is 178 Å². The van der Waals surface area contributed by atoms with Gasteiger partial charge in [0, 0.05) is 0 Å². The summed E-state index contributed by atoms with van der Waals surface area (Å²) in [6.45, 7) is 0. The first-order chi connectivity index (χ1) is 35.3. The maximum atomic E-state index is 13.6. The molecule has 0 saturated carbocycles. The zero-order valence-corrected chi connectivity index (χ0v) is 39.5. The molecule has 0 aliphatic carbocycles. The van der Waals surface area contributed by atoms with Crippen molar-refractivity contribution in [3.8, 4) is 0 Å². The average Bonchev–Trinajstić information content (AvgIpc) is 4.04. The Bertz CT molecular complexity index is 2640. The zero-order chi connectivity index (χ0) is 62.0. The van der Waals surface area contributed by atoms with Gasteiger partial charge in [0.25, 0.3) is 0 Å². The van der Waals surface area contributed by atoms with E-state index in [0.29, 0.717) is 0 Å². The second-order valence-electron chi connectivity index (χ2n) is 15.3. The molecule has 0 aromatic carbocycles. The molecule has 0 atom stereocenters. The minimum absolute atomic E-state index is 0. The molecule has 6 heterocycles. The summed E-state index contributed by atoms with van der Waals surface area (Å²) in [6.07, 6.45) is -72.1. The Morgan fingerprint density at radius 1 is 0.198 bits per heavy atom. The van der Waals surface area contributed by atoms with E-state index < -0.39 is 221 Å². The summed E-state index contributed by atoms with van der Waals surface area (Å²) in [6, 6.07) is -5.65. The molecule has 448 valence electrons. The van der Waals surface area contributed by atoms with Crippen molar-refractivity contribution in [2.45, 2.75) is 74.1 Å². The fourth-order valence-corrected chi connectivity index (χ4v) is 6.76. The molecule has 0 spiro atoms. The van der Waals surface area contributed by atoms with Crippen molar-refractivity contribution in [2.24, 2.45) is 0 Å². The third-order valence-corrected chi connectivity index (χ3v) is 9.77. The largest absolute Gasteiger partial charge is 2.00 e. The fourth-order valence-electron chi connectivity index (χ4n) is 6.76. The average molecular weight is 1310 g/mol. The minimum Gasteiger partial charge on any atom is -0.392 e. The molecule has 0 unspecified atom stereocenters. The van der Waals surface area contributed by atoms with Crippen LogP contribution in [0, 0.1) is 0 Å². The van der Waals surface area contributed by atoms with Gasteiger partial charge in [0.15, 0.2) is 34.2 Å². The summed E-state index contributed by atoms with van der Waals surface area (Å²) in [4.78, 5) is 0. The maximum Gasteiger partial charge on any atom is 2.00 e. The summed E-state index contributed by atoms with van der Waals surface area (Å²) in [5.74, 6) is 0. The van der Waals surface area contributed by atoms with Gasteiger partial charge in [-0.15, -0.1) is 0 Å². The van der Waals surface area contributed by atoms with Gasteiger partial charge in [-0.2, -0.15) is 158 Å². The van der Waals surface area contributed by atoms with Crippen LogP contribution in [0.1, 0.15) is 68.3 Å². The molecule has 0 aliphatic rings. The van der Waals surface area contributed by atoms with Gasteiger partial charge in [-0.25, -0.2) is 30.6 Å². The van der Waals surface area contributed by atoms with E-state index in [1.165, 1.54) is 0 Å². The van der Waals surface area contributed by atoms with E-state index >= 15 is 0 Å². The van der Waals surface area contributed by atoms with Crippen molar-refractivity contribution >= 4 is 14.2 Å². The first-order valence-corrected chi connectivity index (χ1v) is 19.0. The number of rotatable bonds is 6. The van der Waals surface area contributed by atoms with Crippen LogP contribution in [-0.2, 0) is 93.6 Å². The van der Waals surface area contributed by atoms with Gasteiger partial charge in [0.1, 0.15) is 34.2 Å². The van der Waals surface area contributed by atoms with Gasteiger partial charge in [0.2, 0.25) is 0 Å². The number of hydrogen-bond donors (Lipinski definition) is 0. The Balaban J connectivity index is 0.000000344. The topological polar surface area (TPSA) is 107 Å². The molecular formula is C30H8B2F36N12Zn. The van der Waals surface area contributed by atoms with Gasteiger partial charge >= 0.3 is 108 Å². The molecule has 6 aromatic heterocycles. The smallest absolute Gasteiger partial charge is 0.392 e. The number of nitrogens with zero attached hydrogens (tertiary/aromatic N) is 12. The number of hydrogen-bond acceptors (Lipinski definition) is 6. The first-order valence-electron chi connectivity index (χ1n) is 19.0. The predicted molar refractivity (Wildman–Crippen MR) is 180 cm³/mol. The second-order valence-corrected chi connectivity index (χ2v) is 15.3. The quantitative estimate of drug-likeness (QED) is 0.121. The summed E-state index contributed by atoms with van der Waals surface area (Å²) >= 11 is 0.